The third kappa shape index (κ3) is 5.08. The van der Waals surface area contributed by atoms with E-state index in [1.54, 1.807) is 0 Å². The van der Waals surface area contributed by atoms with Crippen LogP contribution in [0.25, 0.3) is 0 Å². The Morgan fingerprint density at radius 2 is 2.05 bits per heavy atom. The zero-order chi connectivity index (χ0) is 15.2. The first kappa shape index (κ1) is 16.3. The van der Waals surface area contributed by atoms with Gasteiger partial charge in [-0.15, -0.1) is 13.2 Å². The molecule has 0 aromatic heterocycles. The fourth-order valence-corrected chi connectivity index (χ4v) is 1.72. The maximum atomic E-state index is 12.2. The predicted molar refractivity (Wildman–Crippen MR) is 69.2 cm³/mol. The first-order chi connectivity index (χ1) is 9.37. The molecule has 0 heterocycles. The molecule has 0 fully saturated rings. The number of hydrogen-bond donors (Lipinski definition) is 2. The van der Waals surface area contributed by atoms with Gasteiger partial charge in [0.15, 0.2) is 5.75 Å². The fourth-order valence-electron chi connectivity index (χ4n) is 1.72. The van der Waals surface area contributed by atoms with Crippen molar-refractivity contribution < 1.29 is 22.7 Å². The molecule has 0 bridgehead atoms. The van der Waals surface area contributed by atoms with Crippen LogP contribution >= 0.6 is 0 Å². The number of carbonyl (C=O) groups excluding carboxylic acids is 1. The van der Waals surface area contributed by atoms with Crippen LogP contribution in [0.15, 0.2) is 24.3 Å². The molecule has 1 aromatic carbocycles. The second-order valence-electron chi connectivity index (χ2n) is 4.25. The van der Waals surface area contributed by atoms with E-state index in [9.17, 15) is 18.0 Å². The second-order valence-corrected chi connectivity index (χ2v) is 4.25. The van der Waals surface area contributed by atoms with Gasteiger partial charge >= 0.3 is 6.36 Å². The molecule has 0 saturated carbocycles. The number of anilines is 1. The molecule has 4 nitrogen and oxygen atoms in total. The fraction of sp³-hybridized carbons (Fsp3) is 0.462. The lowest BCUT2D eigenvalue weighted by molar-refractivity contribution is -0.274. The number of benzene rings is 1. The maximum absolute atomic E-state index is 12.2. The number of alkyl halides is 3. The van der Waals surface area contributed by atoms with E-state index < -0.39 is 23.9 Å². The lowest BCUT2D eigenvalue weighted by Crippen LogP contribution is -2.29. The van der Waals surface area contributed by atoms with Gasteiger partial charge in [-0.1, -0.05) is 25.5 Å². The first-order valence-electron chi connectivity index (χ1n) is 6.23. The molecule has 7 heteroatoms. The van der Waals surface area contributed by atoms with Crippen LogP contribution in [0.2, 0.25) is 0 Å². The van der Waals surface area contributed by atoms with Crippen LogP contribution in [-0.4, -0.2) is 18.8 Å². The van der Waals surface area contributed by atoms with Gasteiger partial charge in [-0.25, -0.2) is 0 Å². The average Bonchev–Trinajstić information content (AvgIpc) is 2.36. The molecule has 20 heavy (non-hydrogen) atoms. The number of nitrogens with one attached hydrogen (secondary N) is 1. The van der Waals surface area contributed by atoms with Crippen molar-refractivity contribution in [3.8, 4) is 5.75 Å². The summed E-state index contributed by atoms with van der Waals surface area (Å²) in [7, 11) is 0. The third-order valence-electron chi connectivity index (χ3n) is 2.66. The summed E-state index contributed by atoms with van der Waals surface area (Å²) < 4.78 is 40.6. The van der Waals surface area contributed by atoms with E-state index in [0.29, 0.717) is 6.42 Å². The Bertz CT molecular complexity index is 449. The molecule has 0 aliphatic carbocycles. The molecule has 1 atom stereocenters. The largest absolute Gasteiger partial charge is 0.573 e. The number of carbonyl (C=O) groups is 1. The number of hydrogen-bond acceptors (Lipinski definition) is 3. The average molecular weight is 290 g/mol. The van der Waals surface area contributed by atoms with Crippen molar-refractivity contribution in [1.29, 1.82) is 0 Å². The second kappa shape index (κ2) is 7.14. The molecule has 0 saturated heterocycles. The normalized spacial score (nSPS) is 12.8. The van der Waals surface area contributed by atoms with E-state index in [0.717, 1.165) is 12.5 Å². The number of halogens is 3. The third-order valence-corrected chi connectivity index (χ3v) is 2.66. The highest BCUT2D eigenvalue weighted by Crippen LogP contribution is 2.30. The summed E-state index contributed by atoms with van der Waals surface area (Å²) in [6.45, 7) is 2.04. The Kier molecular flexibility index (Phi) is 5.82. The highest BCUT2D eigenvalue weighted by Gasteiger charge is 2.32. The molecule has 1 aromatic rings. The number of nitrogens with two attached hydrogens (primary N) is 1. The van der Waals surface area contributed by atoms with Crippen LogP contribution in [-0.2, 0) is 4.79 Å². The minimum atomic E-state index is -4.81. The maximum Gasteiger partial charge on any atom is 0.573 e. The number of rotatable bonds is 6. The molecule has 112 valence electrons. The lowest BCUT2D eigenvalue weighted by Gasteiger charge is -2.17. The van der Waals surface area contributed by atoms with Gasteiger partial charge in [-0.3, -0.25) is 4.79 Å². The van der Waals surface area contributed by atoms with Crippen molar-refractivity contribution in [2.75, 3.05) is 11.9 Å². The summed E-state index contributed by atoms with van der Waals surface area (Å²) in [6.07, 6.45) is -3.47. The van der Waals surface area contributed by atoms with E-state index in [-0.39, 0.29) is 12.2 Å². The van der Waals surface area contributed by atoms with Gasteiger partial charge in [-0.2, -0.15) is 0 Å². The summed E-state index contributed by atoms with van der Waals surface area (Å²) in [5, 5.41) is 2.42. The van der Waals surface area contributed by atoms with E-state index in [1.807, 2.05) is 6.92 Å². The summed E-state index contributed by atoms with van der Waals surface area (Å²) in [5.41, 5.74) is 5.46. The van der Waals surface area contributed by atoms with Gasteiger partial charge in [0, 0.05) is 6.54 Å². The van der Waals surface area contributed by atoms with Crippen molar-refractivity contribution >= 4 is 11.6 Å². The molecule has 1 amide bonds. The molecule has 1 unspecified atom stereocenters. The number of ether oxygens (including phenoxy) is 1. The van der Waals surface area contributed by atoms with Crippen molar-refractivity contribution in [2.45, 2.75) is 26.1 Å². The molecule has 1 rings (SSSR count). The zero-order valence-electron chi connectivity index (χ0n) is 11.0. The van der Waals surface area contributed by atoms with E-state index >= 15 is 0 Å². The molecule has 3 N–H and O–H groups in total. The van der Waals surface area contributed by atoms with Crippen LogP contribution in [0.5, 0.6) is 5.75 Å². The predicted octanol–water partition coefficient (Wildman–Crippen LogP) is 2.90. The van der Waals surface area contributed by atoms with Crippen molar-refractivity contribution in [3.05, 3.63) is 24.3 Å². The van der Waals surface area contributed by atoms with Crippen LogP contribution in [0.4, 0.5) is 18.9 Å². The minimum absolute atomic E-state index is 0.0237. The Hall–Kier alpha value is -1.76. The summed E-state index contributed by atoms with van der Waals surface area (Å²) in [4.78, 5) is 11.9. The molecule has 0 aliphatic heterocycles. The molecular weight excluding hydrogens is 273 g/mol. The van der Waals surface area contributed by atoms with Crippen LogP contribution in [0.1, 0.15) is 19.8 Å². The van der Waals surface area contributed by atoms with Gasteiger partial charge in [0.2, 0.25) is 5.91 Å². The van der Waals surface area contributed by atoms with Crippen LogP contribution < -0.4 is 15.8 Å². The SMILES string of the molecule is CCCC(CN)C(=O)Nc1ccccc1OC(F)(F)F. The zero-order valence-corrected chi connectivity index (χ0v) is 11.0. The van der Waals surface area contributed by atoms with Gasteiger partial charge < -0.3 is 15.8 Å². The van der Waals surface area contributed by atoms with Crippen molar-refractivity contribution in [2.24, 2.45) is 11.7 Å². The van der Waals surface area contributed by atoms with E-state index in [2.05, 4.69) is 10.1 Å². The van der Waals surface area contributed by atoms with Gasteiger partial charge in [0.05, 0.1) is 11.6 Å². The smallest absolute Gasteiger partial charge is 0.404 e. The van der Waals surface area contributed by atoms with E-state index in [1.165, 1.54) is 18.2 Å². The Labute approximate surface area is 115 Å². The van der Waals surface area contributed by atoms with Crippen molar-refractivity contribution in [1.82, 2.24) is 0 Å². The molecular formula is C13H17F3N2O2. The van der Waals surface area contributed by atoms with Crippen LogP contribution in [0.3, 0.4) is 0 Å². The van der Waals surface area contributed by atoms with Gasteiger partial charge in [-0.05, 0) is 18.6 Å². The number of para-hydroxylation sites is 2. The summed E-state index contributed by atoms with van der Waals surface area (Å²) in [5.74, 6) is -1.29. The lowest BCUT2D eigenvalue weighted by atomic mass is 10.0. The Balaban J connectivity index is 2.84. The highest BCUT2D eigenvalue weighted by atomic mass is 19.4. The Morgan fingerprint density at radius 1 is 1.40 bits per heavy atom. The standard InChI is InChI=1S/C13H17F3N2O2/c1-2-5-9(8-17)12(19)18-10-6-3-4-7-11(10)20-13(14,15)16/h3-4,6-7,9H,2,5,8,17H2,1H3,(H,18,19). The topological polar surface area (TPSA) is 64.4 Å². The van der Waals surface area contributed by atoms with Crippen LogP contribution in [0, 0.1) is 5.92 Å². The monoisotopic (exact) mass is 290 g/mol. The number of amides is 1. The summed E-state index contributed by atoms with van der Waals surface area (Å²) in [6, 6.07) is 5.39. The van der Waals surface area contributed by atoms with Gasteiger partial charge in [0.1, 0.15) is 0 Å². The minimum Gasteiger partial charge on any atom is -0.404 e. The molecule has 0 aliphatic rings. The summed E-state index contributed by atoms with van der Waals surface area (Å²) >= 11 is 0. The van der Waals surface area contributed by atoms with E-state index in [4.69, 9.17) is 5.73 Å². The Morgan fingerprint density at radius 3 is 2.60 bits per heavy atom. The molecule has 0 spiro atoms. The van der Waals surface area contributed by atoms with Crippen molar-refractivity contribution in [3.63, 3.8) is 0 Å². The highest BCUT2D eigenvalue weighted by molar-refractivity contribution is 5.94. The molecule has 0 radical (unpaired) electrons. The first-order valence-corrected chi connectivity index (χ1v) is 6.23. The quantitative estimate of drug-likeness (QED) is 0.846. The van der Waals surface area contributed by atoms with Gasteiger partial charge in [0.25, 0.3) is 0 Å².